The van der Waals surface area contributed by atoms with Gasteiger partial charge in [0.25, 0.3) is 0 Å². The summed E-state index contributed by atoms with van der Waals surface area (Å²) >= 11 is 0. The topological polar surface area (TPSA) is 23.8 Å². The van der Waals surface area contributed by atoms with Crippen LogP contribution in [0.1, 0.15) is 71.1 Å². The van der Waals surface area contributed by atoms with Crippen molar-refractivity contribution in [1.82, 2.24) is 0 Å². The van der Waals surface area contributed by atoms with Gasteiger partial charge in [-0.15, -0.1) is 0 Å². The average Bonchev–Trinajstić information content (AvgIpc) is 2.41. The van der Waals surface area contributed by atoms with Crippen LogP contribution in [0.2, 0.25) is 0 Å². The van der Waals surface area contributed by atoms with Gasteiger partial charge in [-0.25, -0.2) is 4.39 Å². The average molecular weight is 251 g/mol. The summed E-state index contributed by atoms with van der Waals surface area (Å²) in [6, 6.07) is 2.30. The van der Waals surface area contributed by atoms with Crippen LogP contribution >= 0.6 is 0 Å². The van der Waals surface area contributed by atoms with E-state index in [1.54, 1.807) is 0 Å². The van der Waals surface area contributed by atoms with E-state index < -0.39 is 5.67 Å². The zero-order valence-electron chi connectivity index (χ0n) is 11.6. The highest BCUT2D eigenvalue weighted by molar-refractivity contribution is 4.97. The van der Waals surface area contributed by atoms with Crippen molar-refractivity contribution < 1.29 is 4.39 Å². The summed E-state index contributed by atoms with van der Waals surface area (Å²) in [4.78, 5) is 0. The first kappa shape index (κ1) is 13.8. The molecular weight excluding hydrogens is 225 g/mol. The van der Waals surface area contributed by atoms with Crippen molar-refractivity contribution in [2.75, 3.05) is 0 Å². The van der Waals surface area contributed by atoms with Gasteiger partial charge < -0.3 is 0 Å². The molecule has 2 rings (SSSR count). The summed E-state index contributed by atoms with van der Waals surface area (Å²) in [5.41, 5.74) is -0.940. The van der Waals surface area contributed by atoms with E-state index in [4.69, 9.17) is 5.26 Å². The lowest BCUT2D eigenvalue weighted by atomic mass is 9.67. The van der Waals surface area contributed by atoms with Crippen molar-refractivity contribution in [3.05, 3.63) is 0 Å². The van der Waals surface area contributed by atoms with Gasteiger partial charge in [0, 0.05) is 5.92 Å². The van der Waals surface area contributed by atoms with E-state index in [1.807, 2.05) is 0 Å². The van der Waals surface area contributed by atoms with Crippen LogP contribution < -0.4 is 0 Å². The summed E-state index contributed by atoms with van der Waals surface area (Å²) in [6.07, 6.45) is 10.0. The van der Waals surface area contributed by atoms with Gasteiger partial charge >= 0.3 is 0 Å². The van der Waals surface area contributed by atoms with Crippen LogP contribution in [0, 0.1) is 29.1 Å². The van der Waals surface area contributed by atoms with Gasteiger partial charge in [-0.2, -0.15) is 5.26 Å². The molecule has 0 amide bonds. The second-order valence-corrected chi connectivity index (χ2v) is 6.44. The molecule has 2 heteroatoms. The minimum absolute atomic E-state index is 0.116. The summed E-state index contributed by atoms with van der Waals surface area (Å²) in [6.45, 7) is 2.24. The largest absolute Gasteiger partial charge is 0.244 e. The van der Waals surface area contributed by atoms with Gasteiger partial charge in [0.05, 0.1) is 6.07 Å². The number of halogens is 1. The lowest BCUT2D eigenvalue weighted by molar-refractivity contribution is 0.00407. The molecule has 2 aliphatic carbocycles. The van der Waals surface area contributed by atoms with Crippen molar-refractivity contribution in [1.29, 1.82) is 5.26 Å². The Hall–Kier alpha value is -0.580. The standard InChI is InChI=1S/C16H26FN/c1-2-3-13-4-6-15(7-5-13)16(17)10-8-14(12-18)9-11-16/h13-15H,2-11H2,1H3. The summed E-state index contributed by atoms with van der Waals surface area (Å²) < 4.78 is 15.0. The number of nitriles is 1. The number of alkyl halides is 1. The van der Waals surface area contributed by atoms with Crippen molar-refractivity contribution in [2.24, 2.45) is 17.8 Å². The molecule has 0 heterocycles. The van der Waals surface area contributed by atoms with Crippen LogP contribution in [-0.4, -0.2) is 5.67 Å². The maximum absolute atomic E-state index is 15.0. The van der Waals surface area contributed by atoms with Crippen LogP contribution in [-0.2, 0) is 0 Å². The van der Waals surface area contributed by atoms with E-state index in [0.29, 0.717) is 12.8 Å². The Morgan fingerprint density at radius 1 is 1.11 bits per heavy atom. The molecule has 0 atom stereocenters. The van der Waals surface area contributed by atoms with Crippen LogP contribution in [0.15, 0.2) is 0 Å². The summed E-state index contributed by atoms with van der Waals surface area (Å²) in [5, 5.41) is 8.89. The molecule has 0 radical (unpaired) electrons. The first-order valence-corrected chi connectivity index (χ1v) is 7.76. The molecule has 2 fully saturated rings. The van der Waals surface area contributed by atoms with Crippen molar-refractivity contribution in [3.63, 3.8) is 0 Å². The quantitative estimate of drug-likeness (QED) is 0.691. The monoisotopic (exact) mass is 251 g/mol. The minimum Gasteiger partial charge on any atom is -0.244 e. The number of nitrogens with zero attached hydrogens (tertiary/aromatic N) is 1. The normalized spacial score (nSPS) is 41.3. The second-order valence-electron chi connectivity index (χ2n) is 6.44. The lowest BCUT2D eigenvalue weighted by Crippen LogP contribution is -2.39. The van der Waals surface area contributed by atoms with Gasteiger partial charge in [0.15, 0.2) is 0 Å². The molecule has 0 bridgehead atoms. The summed E-state index contributed by atoms with van der Waals surface area (Å²) in [5.74, 6) is 1.25. The molecule has 2 saturated carbocycles. The van der Waals surface area contributed by atoms with Crippen LogP contribution in [0.25, 0.3) is 0 Å². The maximum atomic E-state index is 15.0. The third-order valence-corrected chi connectivity index (χ3v) is 5.27. The van der Waals surface area contributed by atoms with E-state index in [2.05, 4.69) is 13.0 Å². The first-order chi connectivity index (χ1) is 8.68. The zero-order valence-corrected chi connectivity index (χ0v) is 11.6. The highest BCUT2D eigenvalue weighted by Gasteiger charge is 2.43. The van der Waals surface area contributed by atoms with Gasteiger partial charge in [0.1, 0.15) is 5.67 Å². The molecule has 1 nitrogen and oxygen atoms in total. The van der Waals surface area contributed by atoms with Gasteiger partial charge in [0.2, 0.25) is 0 Å². The molecule has 0 aliphatic heterocycles. The van der Waals surface area contributed by atoms with E-state index in [0.717, 1.165) is 31.6 Å². The van der Waals surface area contributed by atoms with Gasteiger partial charge in [-0.3, -0.25) is 0 Å². The third kappa shape index (κ3) is 3.05. The van der Waals surface area contributed by atoms with E-state index in [-0.39, 0.29) is 11.8 Å². The number of hydrogen-bond donors (Lipinski definition) is 0. The van der Waals surface area contributed by atoms with Gasteiger partial charge in [-0.1, -0.05) is 32.6 Å². The Morgan fingerprint density at radius 3 is 2.22 bits per heavy atom. The minimum atomic E-state index is -0.940. The Labute approximate surface area is 111 Å². The molecule has 0 N–H and O–H groups in total. The second kappa shape index (κ2) is 6.04. The highest BCUT2D eigenvalue weighted by atomic mass is 19.1. The molecule has 18 heavy (non-hydrogen) atoms. The van der Waals surface area contributed by atoms with E-state index in [1.165, 1.54) is 25.7 Å². The Morgan fingerprint density at radius 2 is 1.72 bits per heavy atom. The SMILES string of the molecule is CCCC1CCC(C2(F)CCC(C#N)CC2)CC1. The fourth-order valence-electron chi connectivity index (χ4n) is 4.01. The first-order valence-electron chi connectivity index (χ1n) is 7.76. The maximum Gasteiger partial charge on any atom is 0.114 e. The zero-order chi connectivity index (χ0) is 13.0. The fraction of sp³-hybridized carbons (Fsp3) is 0.938. The van der Waals surface area contributed by atoms with E-state index >= 15 is 0 Å². The molecule has 0 spiro atoms. The van der Waals surface area contributed by atoms with E-state index in [9.17, 15) is 4.39 Å². The third-order valence-electron chi connectivity index (χ3n) is 5.27. The van der Waals surface area contributed by atoms with Crippen LogP contribution in [0.5, 0.6) is 0 Å². The predicted octanol–water partition coefficient (Wildman–Crippen LogP) is 5.01. The molecule has 2 aliphatic rings. The summed E-state index contributed by atoms with van der Waals surface area (Å²) in [7, 11) is 0. The van der Waals surface area contributed by atoms with Crippen molar-refractivity contribution in [3.8, 4) is 6.07 Å². The molecular formula is C16H26FN. The van der Waals surface area contributed by atoms with Crippen LogP contribution in [0.4, 0.5) is 4.39 Å². The van der Waals surface area contributed by atoms with Gasteiger partial charge in [-0.05, 0) is 50.4 Å². The highest BCUT2D eigenvalue weighted by Crippen LogP contribution is 2.47. The number of rotatable bonds is 3. The number of hydrogen-bond acceptors (Lipinski definition) is 1. The smallest absolute Gasteiger partial charge is 0.114 e. The Kier molecular flexibility index (Phi) is 4.65. The molecule has 0 saturated heterocycles. The van der Waals surface area contributed by atoms with Crippen LogP contribution in [0.3, 0.4) is 0 Å². The molecule has 0 aromatic rings. The molecule has 0 aromatic carbocycles. The fourth-order valence-corrected chi connectivity index (χ4v) is 4.01. The lowest BCUT2D eigenvalue weighted by Gasteiger charge is -2.41. The van der Waals surface area contributed by atoms with Crippen molar-refractivity contribution >= 4 is 0 Å². The Bertz CT molecular complexity index is 291. The Balaban J connectivity index is 1.84. The molecule has 102 valence electrons. The molecule has 0 aromatic heterocycles. The predicted molar refractivity (Wildman–Crippen MR) is 71.8 cm³/mol. The van der Waals surface area contributed by atoms with Crippen molar-refractivity contribution in [2.45, 2.75) is 76.8 Å². The molecule has 0 unspecified atom stereocenters.